The van der Waals surface area contributed by atoms with E-state index in [0.717, 1.165) is 18.4 Å². The van der Waals surface area contributed by atoms with Gasteiger partial charge in [0.2, 0.25) is 5.91 Å². The number of halogens is 1. The molecule has 3 N–H and O–H groups in total. The van der Waals surface area contributed by atoms with Gasteiger partial charge in [-0.05, 0) is 31.9 Å². The van der Waals surface area contributed by atoms with Crippen molar-refractivity contribution in [2.24, 2.45) is 0 Å². The van der Waals surface area contributed by atoms with Gasteiger partial charge in [-0.1, -0.05) is 37.3 Å². The highest BCUT2D eigenvalue weighted by Crippen LogP contribution is 2.18. The van der Waals surface area contributed by atoms with Crippen molar-refractivity contribution >= 4 is 30.3 Å². The number of carboxylic acids is 1. The average molecular weight is 427 g/mol. The van der Waals surface area contributed by atoms with E-state index >= 15 is 0 Å². The maximum Gasteiger partial charge on any atom is 0.321 e. The zero-order chi connectivity index (χ0) is 20.5. The number of urea groups is 1. The Morgan fingerprint density at radius 1 is 1.21 bits per heavy atom. The lowest BCUT2D eigenvalue weighted by molar-refractivity contribution is -0.139. The van der Waals surface area contributed by atoms with Crippen molar-refractivity contribution in [1.29, 1.82) is 0 Å². The van der Waals surface area contributed by atoms with Crippen molar-refractivity contribution in [2.45, 2.75) is 45.3 Å². The standard InChI is InChI=1S/C20H30N4O4.ClH/c1-3-23(14-18(25)26)17-9-11-24(12-10-17)15(2)19(27)22-20(28)21-13-16-7-5-4-6-8-16;/h4-8,15,17H,3,9-14H2,1-2H3,(H,25,26)(H2,21,22,27,28);1H. The van der Waals surface area contributed by atoms with Crippen LogP contribution in [-0.2, 0) is 16.1 Å². The zero-order valence-electron chi connectivity index (χ0n) is 17.0. The smallest absolute Gasteiger partial charge is 0.321 e. The second kappa shape index (κ2) is 12.4. The molecule has 1 aliphatic rings. The van der Waals surface area contributed by atoms with Gasteiger partial charge in [0.05, 0.1) is 12.6 Å². The van der Waals surface area contributed by atoms with E-state index in [9.17, 15) is 14.4 Å². The van der Waals surface area contributed by atoms with Crippen LogP contribution in [0.2, 0.25) is 0 Å². The van der Waals surface area contributed by atoms with Crippen LogP contribution in [0, 0.1) is 0 Å². The van der Waals surface area contributed by atoms with Crippen LogP contribution < -0.4 is 10.6 Å². The molecule has 1 saturated heterocycles. The second-order valence-electron chi connectivity index (χ2n) is 7.06. The number of hydrogen-bond acceptors (Lipinski definition) is 5. The highest BCUT2D eigenvalue weighted by molar-refractivity contribution is 5.96. The monoisotopic (exact) mass is 426 g/mol. The van der Waals surface area contributed by atoms with Crippen molar-refractivity contribution in [2.75, 3.05) is 26.2 Å². The van der Waals surface area contributed by atoms with Gasteiger partial charge in [0.15, 0.2) is 0 Å². The first-order chi connectivity index (χ1) is 13.4. The number of benzene rings is 1. The van der Waals surface area contributed by atoms with E-state index < -0.39 is 18.0 Å². The summed E-state index contributed by atoms with van der Waals surface area (Å²) in [5, 5.41) is 14.1. The van der Waals surface area contributed by atoms with Crippen LogP contribution in [0.25, 0.3) is 0 Å². The zero-order valence-corrected chi connectivity index (χ0v) is 17.8. The van der Waals surface area contributed by atoms with Crippen molar-refractivity contribution < 1.29 is 19.5 Å². The van der Waals surface area contributed by atoms with Gasteiger partial charge in [0.25, 0.3) is 0 Å². The van der Waals surface area contributed by atoms with Crippen LogP contribution >= 0.6 is 12.4 Å². The van der Waals surface area contributed by atoms with Gasteiger partial charge in [0.1, 0.15) is 0 Å². The Morgan fingerprint density at radius 3 is 2.38 bits per heavy atom. The molecule has 0 saturated carbocycles. The summed E-state index contributed by atoms with van der Waals surface area (Å²) in [6.45, 7) is 6.22. The third kappa shape index (κ3) is 8.00. The van der Waals surface area contributed by atoms with Crippen LogP contribution in [0.3, 0.4) is 0 Å². The van der Waals surface area contributed by atoms with Crippen molar-refractivity contribution in [3.63, 3.8) is 0 Å². The topological polar surface area (TPSA) is 102 Å². The number of hydrogen-bond donors (Lipinski definition) is 3. The van der Waals surface area contributed by atoms with Gasteiger partial charge in [-0.25, -0.2) is 4.79 Å². The summed E-state index contributed by atoms with van der Waals surface area (Å²) in [7, 11) is 0. The molecule has 1 aromatic carbocycles. The number of imide groups is 1. The number of rotatable bonds is 8. The van der Waals surface area contributed by atoms with Crippen LogP contribution in [0.15, 0.2) is 30.3 Å². The average Bonchev–Trinajstić information content (AvgIpc) is 2.70. The molecule has 162 valence electrons. The number of carbonyl (C=O) groups excluding carboxylic acids is 2. The summed E-state index contributed by atoms with van der Waals surface area (Å²) in [5.41, 5.74) is 0.960. The van der Waals surface area contributed by atoms with E-state index in [1.54, 1.807) is 6.92 Å². The second-order valence-corrected chi connectivity index (χ2v) is 7.06. The Bertz CT molecular complexity index is 666. The van der Waals surface area contributed by atoms with E-state index in [1.165, 1.54) is 0 Å². The molecule has 1 unspecified atom stereocenters. The normalized spacial score (nSPS) is 16.0. The summed E-state index contributed by atoms with van der Waals surface area (Å²) in [4.78, 5) is 39.3. The lowest BCUT2D eigenvalue weighted by Crippen LogP contribution is -2.54. The Morgan fingerprint density at radius 2 is 1.83 bits per heavy atom. The molecule has 1 atom stereocenters. The molecule has 0 radical (unpaired) electrons. The maximum absolute atomic E-state index is 12.4. The number of likely N-dealkylation sites (tertiary alicyclic amines) is 1. The summed E-state index contributed by atoms with van der Waals surface area (Å²) >= 11 is 0. The van der Waals surface area contributed by atoms with Gasteiger partial charge in [0, 0.05) is 25.7 Å². The Kier molecular flexibility index (Phi) is 10.6. The number of carboxylic acid groups (broad SMARTS) is 1. The van der Waals surface area contributed by atoms with Crippen LogP contribution in [-0.4, -0.2) is 71.1 Å². The molecule has 2 rings (SSSR count). The number of aliphatic carboxylic acids is 1. The fourth-order valence-electron chi connectivity index (χ4n) is 3.52. The number of nitrogens with one attached hydrogen (secondary N) is 2. The lowest BCUT2D eigenvalue weighted by atomic mass is 10.0. The first-order valence-electron chi connectivity index (χ1n) is 9.73. The van der Waals surface area contributed by atoms with Crippen LogP contribution in [0.1, 0.15) is 32.3 Å². The van der Waals surface area contributed by atoms with Crippen molar-refractivity contribution in [3.05, 3.63) is 35.9 Å². The molecule has 0 spiro atoms. The lowest BCUT2D eigenvalue weighted by Gasteiger charge is -2.39. The Balaban J connectivity index is 0.00000420. The molecule has 0 aromatic heterocycles. The highest BCUT2D eigenvalue weighted by atomic mass is 35.5. The number of amides is 3. The molecule has 1 fully saturated rings. The molecule has 8 nitrogen and oxygen atoms in total. The van der Waals surface area contributed by atoms with Crippen molar-refractivity contribution in [1.82, 2.24) is 20.4 Å². The minimum absolute atomic E-state index is 0. The minimum Gasteiger partial charge on any atom is -0.480 e. The third-order valence-corrected chi connectivity index (χ3v) is 5.22. The van der Waals surface area contributed by atoms with E-state index in [-0.39, 0.29) is 30.9 Å². The minimum atomic E-state index is -0.821. The molecule has 0 bridgehead atoms. The number of likely N-dealkylation sites (N-methyl/N-ethyl adjacent to an activating group) is 1. The summed E-state index contributed by atoms with van der Waals surface area (Å²) in [6.07, 6.45) is 1.61. The highest BCUT2D eigenvalue weighted by Gasteiger charge is 2.30. The van der Waals surface area contributed by atoms with Gasteiger partial charge < -0.3 is 10.4 Å². The number of piperidine rings is 1. The van der Waals surface area contributed by atoms with E-state index in [4.69, 9.17) is 5.11 Å². The Hall–Kier alpha value is -2.16. The van der Waals surface area contributed by atoms with Gasteiger partial charge in [-0.15, -0.1) is 12.4 Å². The van der Waals surface area contributed by atoms with E-state index in [0.29, 0.717) is 26.2 Å². The molecule has 0 aliphatic carbocycles. The predicted octanol–water partition coefficient (Wildman–Crippen LogP) is 1.69. The third-order valence-electron chi connectivity index (χ3n) is 5.22. The Labute approximate surface area is 178 Å². The first-order valence-corrected chi connectivity index (χ1v) is 9.73. The SMILES string of the molecule is CCN(CC(=O)O)C1CCN(C(C)C(=O)NC(=O)NCc2ccccc2)CC1.Cl. The maximum atomic E-state index is 12.4. The van der Waals surface area contributed by atoms with Gasteiger partial charge in [-0.3, -0.25) is 24.7 Å². The van der Waals surface area contributed by atoms with Gasteiger partial charge in [-0.2, -0.15) is 0 Å². The van der Waals surface area contributed by atoms with E-state index in [2.05, 4.69) is 10.6 Å². The fraction of sp³-hybridized carbons (Fsp3) is 0.550. The predicted molar refractivity (Wildman–Crippen MR) is 113 cm³/mol. The summed E-state index contributed by atoms with van der Waals surface area (Å²) in [5.74, 6) is -1.15. The summed E-state index contributed by atoms with van der Waals surface area (Å²) in [6, 6.07) is 8.77. The largest absolute Gasteiger partial charge is 0.480 e. The molecule has 1 aromatic rings. The molecular formula is C20H31ClN4O4. The number of nitrogens with zero attached hydrogens (tertiary/aromatic N) is 2. The van der Waals surface area contributed by atoms with Crippen LogP contribution in [0.5, 0.6) is 0 Å². The number of carbonyl (C=O) groups is 3. The molecule has 29 heavy (non-hydrogen) atoms. The quantitative estimate of drug-likeness (QED) is 0.584. The van der Waals surface area contributed by atoms with E-state index in [1.807, 2.05) is 47.1 Å². The molecular weight excluding hydrogens is 396 g/mol. The molecule has 1 heterocycles. The molecule has 3 amide bonds. The first kappa shape index (κ1) is 24.9. The summed E-state index contributed by atoms with van der Waals surface area (Å²) < 4.78 is 0. The van der Waals surface area contributed by atoms with Crippen LogP contribution in [0.4, 0.5) is 4.79 Å². The van der Waals surface area contributed by atoms with Gasteiger partial charge >= 0.3 is 12.0 Å². The molecule has 1 aliphatic heterocycles. The molecule has 9 heteroatoms. The fourth-order valence-corrected chi connectivity index (χ4v) is 3.52. The van der Waals surface area contributed by atoms with Crippen molar-refractivity contribution in [3.8, 4) is 0 Å².